The number of alkyl carbamates (subject to hydrolysis) is 1. The van der Waals surface area contributed by atoms with Gasteiger partial charge in [0.15, 0.2) is 17.2 Å². The van der Waals surface area contributed by atoms with Crippen LogP contribution in [0.4, 0.5) is 18.0 Å². The number of halogens is 3. The molecule has 58 heavy (non-hydrogen) atoms. The van der Waals surface area contributed by atoms with Crippen LogP contribution < -0.4 is 24.8 Å². The summed E-state index contributed by atoms with van der Waals surface area (Å²) in [5.74, 6) is -7.56. The lowest BCUT2D eigenvalue weighted by molar-refractivity contribution is -0.152. The van der Waals surface area contributed by atoms with E-state index in [1.54, 1.807) is 12.1 Å². The van der Waals surface area contributed by atoms with Crippen molar-refractivity contribution in [2.45, 2.75) is 126 Å². The molecule has 4 aliphatic rings. The Hall–Kier alpha value is -4.61. The van der Waals surface area contributed by atoms with Gasteiger partial charge in [0, 0.05) is 30.8 Å². The Kier molecular flexibility index (Phi) is 12.0. The minimum Gasteiger partial charge on any atom is -0.494 e. The van der Waals surface area contributed by atoms with Crippen molar-refractivity contribution in [3.05, 3.63) is 42.4 Å². The number of ether oxygens (including phenoxy) is 3. The Bertz CT molecular complexity index is 2080. The molecule has 1 aromatic carbocycles. The predicted octanol–water partition coefficient (Wildman–Crippen LogP) is 5.15. The van der Waals surface area contributed by atoms with E-state index < -0.39 is 92.0 Å². The number of nitrogens with zero attached hydrogens (tertiary/aromatic N) is 2. The van der Waals surface area contributed by atoms with Gasteiger partial charge in [0.1, 0.15) is 23.7 Å². The van der Waals surface area contributed by atoms with Gasteiger partial charge in [-0.1, -0.05) is 32.4 Å². The van der Waals surface area contributed by atoms with E-state index in [9.17, 15) is 40.8 Å². The zero-order chi connectivity index (χ0) is 42.4. The second-order valence-corrected chi connectivity index (χ2v) is 18.6. The second kappa shape index (κ2) is 16.2. The number of carbonyl (C=O) groups is 4. The van der Waals surface area contributed by atoms with Gasteiger partial charge in [-0.05, 0) is 87.8 Å². The number of allylic oxidation sites excluding steroid dienone is 1. The number of methoxy groups -OCH3 is 1. The Balaban J connectivity index is 1.37. The third-order valence-electron chi connectivity index (χ3n) is 11.9. The molecule has 14 nitrogen and oxygen atoms in total. The molecule has 2 aliphatic carbocycles. The molecule has 0 spiro atoms. The van der Waals surface area contributed by atoms with Crippen LogP contribution in [-0.2, 0) is 29.1 Å². The molecular formula is C40H52F3N5O9S. The summed E-state index contributed by atoms with van der Waals surface area (Å²) in [4.78, 5) is 62.1. The fraction of sp³-hybridized carbons (Fsp3) is 0.625. The van der Waals surface area contributed by atoms with Gasteiger partial charge in [0.25, 0.3) is 11.8 Å². The molecule has 0 unspecified atom stereocenters. The number of carbonyl (C=O) groups excluding carboxylic acids is 4. The van der Waals surface area contributed by atoms with E-state index in [0.717, 1.165) is 13.8 Å². The van der Waals surface area contributed by atoms with Gasteiger partial charge in [-0.25, -0.2) is 31.4 Å². The quantitative estimate of drug-likeness (QED) is 0.271. The molecule has 2 aliphatic heterocycles. The van der Waals surface area contributed by atoms with Crippen molar-refractivity contribution >= 4 is 44.6 Å². The van der Waals surface area contributed by atoms with Crippen molar-refractivity contribution in [2.75, 3.05) is 13.7 Å². The minimum absolute atomic E-state index is 0.00174. The van der Waals surface area contributed by atoms with Crippen molar-refractivity contribution in [3.8, 4) is 11.6 Å². The molecule has 0 bridgehead atoms. The smallest absolute Gasteiger partial charge is 0.408 e. The lowest BCUT2D eigenvalue weighted by atomic mass is 9.85. The number of aromatic nitrogens is 1. The zero-order valence-electron chi connectivity index (χ0n) is 33.5. The van der Waals surface area contributed by atoms with E-state index in [2.05, 4.69) is 20.3 Å². The average molecular weight is 836 g/mol. The molecule has 2 aromatic rings. The van der Waals surface area contributed by atoms with Crippen molar-refractivity contribution in [1.82, 2.24) is 25.2 Å². The second-order valence-electron chi connectivity index (χ2n) is 16.7. The highest BCUT2D eigenvalue weighted by atomic mass is 32.2. The molecule has 18 heteroatoms. The van der Waals surface area contributed by atoms with Crippen LogP contribution in [0.1, 0.15) is 86.0 Å². The molecule has 0 radical (unpaired) electrons. The van der Waals surface area contributed by atoms with E-state index >= 15 is 0 Å². The summed E-state index contributed by atoms with van der Waals surface area (Å²) >= 11 is 0. The first-order chi connectivity index (χ1) is 27.2. The molecule has 4 amide bonds. The summed E-state index contributed by atoms with van der Waals surface area (Å²) < 4.78 is 88.3. The number of pyridine rings is 1. The topological polar surface area (TPSA) is 182 Å². The van der Waals surface area contributed by atoms with Crippen molar-refractivity contribution in [2.24, 2.45) is 17.8 Å². The van der Waals surface area contributed by atoms with Crippen LogP contribution in [-0.4, -0.2) is 96.3 Å². The standard InChI is InChI=1S/C40H52F3N5O9S/c1-7-23-16-22(2)10-8-9-11-25-20-40(25,36(51)47-58(53,54)27-12-13-27)46-33(49)30-18-26(56-34-28-19-29(41)31(55-6)17-24(28)14-15-44-34)21-48(30)35(50)32(23)45-37(52)57-38(3,4)39(5,42)43/h9,11,14-15,17,19,22-23,25-27,30,32H,7-8,10,12-13,16,18,20-21H2,1-6H3,(H,45,52)(H,46,49)(H,47,51)/b11-9-/t22-,23-,25-,26-,30+,32+,40-/m1/s1. The molecular weight excluding hydrogens is 784 g/mol. The van der Waals surface area contributed by atoms with E-state index in [0.29, 0.717) is 56.2 Å². The van der Waals surface area contributed by atoms with Crippen molar-refractivity contribution < 1.29 is 55.0 Å². The summed E-state index contributed by atoms with van der Waals surface area (Å²) in [7, 11) is -2.65. The van der Waals surface area contributed by atoms with Gasteiger partial charge in [-0.3, -0.25) is 19.1 Å². The van der Waals surface area contributed by atoms with Gasteiger partial charge in [0.2, 0.25) is 27.7 Å². The van der Waals surface area contributed by atoms with E-state index in [1.807, 2.05) is 19.9 Å². The van der Waals surface area contributed by atoms with Crippen LogP contribution in [0.5, 0.6) is 11.6 Å². The first kappa shape index (κ1) is 43.0. The molecule has 1 saturated heterocycles. The van der Waals surface area contributed by atoms with Crippen LogP contribution >= 0.6 is 0 Å². The fourth-order valence-electron chi connectivity index (χ4n) is 7.75. The van der Waals surface area contributed by atoms with Crippen LogP contribution in [0.3, 0.4) is 0 Å². The fourth-order valence-corrected chi connectivity index (χ4v) is 9.11. The molecule has 3 fully saturated rings. The zero-order valence-corrected chi connectivity index (χ0v) is 34.3. The third-order valence-corrected chi connectivity index (χ3v) is 13.8. The van der Waals surface area contributed by atoms with Crippen LogP contribution in [0.2, 0.25) is 0 Å². The van der Waals surface area contributed by atoms with E-state index in [-0.39, 0.29) is 36.9 Å². The lowest BCUT2D eigenvalue weighted by Crippen LogP contribution is -2.59. The predicted molar refractivity (Wildman–Crippen MR) is 206 cm³/mol. The van der Waals surface area contributed by atoms with Gasteiger partial charge in [-0.2, -0.15) is 0 Å². The maximum atomic E-state index is 14.9. The van der Waals surface area contributed by atoms with Crippen LogP contribution in [0.25, 0.3) is 10.8 Å². The summed E-state index contributed by atoms with van der Waals surface area (Å²) in [6.45, 7) is 6.30. The monoisotopic (exact) mass is 835 g/mol. The SMILES string of the molecule is CC[C@@H]1C[C@H](C)CC/C=C\[C@@H]2C[C@@]2(C(=O)NS(=O)(=O)C2CC2)NC(=O)[C@@H]2C[C@@H](Oc3nccc4cc(OC)c(F)cc34)CN2C(=O)[C@H]1NC(=O)OC(C)(C)C(C)(F)F. The summed E-state index contributed by atoms with van der Waals surface area (Å²) in [6.07, 6.45) is 5.75. The van der Waals surface area contributed by atoms with Gasteiger partial charge in [0.05, 0.1) is 18.9 Å². The highest BCUT2D eigenvalue weighted by molar-refractivity contribution is 7.91. The number of sulfonamides is 1. The number of fused-ring (bicyclic) bond motifs is 3. The molecule has 6 rings (SSSR count). The third kappa shape index (κ3) is 9.00. The Labute approximate surface area is 336 Å². The first-order valence-electron chi connectivity index (χ1n) is 19.7. The highest BCUT2D eigenvalue weighted by Gasteiger charge is 2.62. The van der Waals surface area contributed by atoms with Crippen LogP contribution in [0, 0.1) is 23.6 Å². The normalized spacial score (nSPS) is 28.9. The van der Waals surface area contributed by atoms with E-state index in [4.69, 9.17) is 14.2 Å². The number of benzene rings is 1. The van der Waals surface area contributed by atoms with Gasteiger partial charge in [-0.15, -0.1) is 0 Å². The number of hydrogen-bond acceptors (Lipinski definition) is 10. The molecule has 3 N–H and O–H groups in total. The molecule has 7 atom stereocenters. The van der Waals surface area contributed by atoms with Crippen LogP contribution in [0.15, 0.2) is 36.5 Å². The average Bonchev–Trinajstić information content (AvgIpc) is 4.07. The number of amides is 4. The van der Waals surface area contributed by atoms with Gasteiger partial charge < -0.3 is 29.7 Å². The van der Waals surface area contributed by atoms with Crippen molar-refractivity contribution in [1.29, 1.82) is 0 Å². The summed E-state index contributed by atoms with van der Waals surface area (Å²) in [5, 5.41) is 5.48. The Morgan fingerprint density at radius 3 is 2.50 bits per heavy atom. The lowest BCUT2D eigenvalue weighted by Gasteiger charge is -2.35. The minimum atomic E-state index is -3.98. The number of alkyl halides is 2. The van der Waals surface area contributed by atoms with Gasteiger partial charge >= 0.3 is 6.09 Å². The Morgan fingerprint density at radius 2 is 1.84 bits per heavy atom. The molecule has 2 saturated carbocycles. The number of nitrogens with one attached hydrogen (secondary N) is 3. The highest BCUT2D eigenvalue weighted by Crippen LogP contribution is 2.46. The summed E-state index contributed by atoms with van der Waals surface area (Å²) in [5.41, 5.74) is -3.87. The van der Waals surface area contributed by atoms with E-state index in [1.165, 1.54) is 30.3 Å². The first-order valence-corrected chi connectivity index (χ1v) is 21.3. The molecule has 3 heterocycles. The van der Waals surface area contributed by atoms with Crippen molar-refractivity contribution in [3.63, 3.8) is 0 Å². The largest absolute Gasteiger partial charge is 0.494 e. The Morgan fingerprint density at radius 1 is 1.12 bits per heavy atom. The number of hydrogen-bond donors (Lipinski definition) is 3. The maximum Gasteiger partial charge on any atom is 0.408 e. The molecule has 1 aromatic heterocycles. The number of rotatable bonds is 10. The molecule has 318 valence electrons. The maximum absolute atomic E-state index is 14.9. The summed E-state index contributed by atoms with van der Waals surface area (Å²) in [6, 6.07) is 1.63.